The number of carboxylic acid groups (broad SMARTS) is 2. The summed E-state index contributed by atoms with van der Waals surface area (Å²) in [5, 5.41) is 14.2. The van der Waals surface area contributed by atoms with Gasteiger partial charge in [0.1, 0.15) is 23.2 Å². The molecule has 1 aromatic carbocycles. The topological polar surface area (TPSA) is 152 Å². The van der Waals surface area contributed by atoms with Gasteiger partial charge in [-0.15, -0.1) is 0 Å². The van der Waals surface area contributed by atoms with Crippen molar-refractivity contribution in [1.82, 2.24) is 24.8 Å². The monoisotopic (exact) mass is 555 g/mol. The minimum Gasteiger partial charge on any atom is -0.475 e. The van der Waals surface area contributed by atoms with Crippen molar-refractivity contribution in [3.05, 3.63) is 47.6 Å². The van der Waals surface area contributed by atoms with Gasteiger partial charge in [-0.05, 0) is 44.4 Å². The predicted molar refractivity (Wildman–Crippen MR) is 114 cm³/mol. The Labute approximate surface area is 208 Å². The molecule has 1 saturated heterocycles. The van der Waals surface area contributed by atoms with E-state index in [-0.39, 0.29) is 17.8 Å². The first-order valence-corrected chi connectivity index (χ1v) is 10.6. The molecule has 3 heterocycles. The van der Waals surface area contributed by atoms with E-state index >= 15 is 0 Å². The number of halogens is 7. The molecule has 4 N–H and O–H groups in total. The highest BCUT2D eigenvalue weighted by atomic mass is 19.4. The quantitative estimate of drug-likeness (QED) is 0.343. The SMILES string of the molecule is Cc1ncc(C(=O)N2CCCCC2c2nc3ccc(F)cc3[nH]2)[nH]1.O=C(O)C(F)(F)F.O=C(O)C(F)(F)F. The van der Waals surface area contributed by atoms with Crippen LogP contribution < -0.4 is 0 Å². The number of likely N-dealkylation sites (tertiary alicyclic amines) is 1. The molecule has 3 aromatic rings. The number of aromatic nitrogens is 4. The fraction of sp³-hybridized carbons (Fsp3) is 0.381. The maximum Gasteiger partial charge on any atom is 0.490 e. The number of alkyl halides is 6. The van der Waals surface area contributed by atoms with Crippen molar-refractivity contribution in [1.29, 1.82) is 0 Å². The lowest BCUT2D eigenvalue weighted by Gasteiger charge is -2.34. The number of H-pyrrole nitrogens is 2. The molecule has 0 spiro atoms. The summed E-state index contributed by atoms with van der Waals surface area (Å²) in [6.07, 6.45) is -5.77. The van der Waals surface area contributed by atoms with Crippen LogP contribution in [0.2, 0.25) is 0 Å². The number of aliphatic carboxylic acids is 2. The number of rotatable bonds is 2. The average Bonchev–Trinajstić information content (AvgIpc) is 3.44. The van der Waals surface area contributed by atoms with Gasteiger partial charge in [0.2, 0.25) is 0 Å². The molecule has 208 valence electrons. The number of fused-ring (bicyclic) bond motifs is 1. The Balaban J connectivity index is 0.000000301. The molecule has 0 saturated carbocycles. The predicted octanol–water partition coefficient (Wildman–Crippen LogP) is 4.37. The Morgan fingerprint density at radius 2 is 1.58 bits per heavy atom. The van der Waals surface area contributed by atoms with Gasteiger partial charge >= 0.3 is 24.3 Å². The fourth-order valence-electron chi connectivity index (χ4n) is 3.30. The van der Waals surface area contributed by atoms with Gasteiger partial charge in [-0.1, -0.05) is 0 Å². The number of nitrogens with zero attached hydrogens (tertiary/aromatic N) is 3. The number of hydrogen-bond acceptors (Lipinski definition) is 5. The molecule has 1 fully saturated rings. The van der Waals surface area contributed by atoms with Crippen LogP contribution in [0.5, 0.6) is 0 Å². The van der Waals surface area contributed by atoms with Crippen molar-refractivity contribution in [2.75, 3.05) is 6.54 Å². The lowest BCUT2D eigenvalue weighted by atomic mass is 10.0. The highest BCUT2D eigenvalue weighted by molar-refractivity contribution is 5.92. The van der Waals surface area contributed by atoms with E-state index in [2.05, 4.69) is 19.9 Å². The average molecular weight is 555 g/mol. The van der Waals surface area contributed by atoms with Crippen LogP contribution >= 0.6 is 0 Å². The molecule has 1 unspecified atom stereocenters. The van der Waals surface area contributed by atoms with E-state index in [0.29, 0.717) is 34.9 Å². The first kappa shape index (κ1) is 30.0. The van der Waals surface area contributed by atoms with Crippen LogP contribution in [0.3, 0.4) is 0 Å². The van der Waals surface area contributed by atoms with Crippen LogP contribution in [0.25, 0.3) is 11.0 Å². The van der Waals surface area contributed by atoms with E-state index in [1.165, 1.54) is 12.1 Å². The van der Waals surface area contributed by atoms with Crippen molar-refractivity contribution in [2.45, 2.75) is 44.6 Å². The molecule has 1 atom stereocenters. The number of hydrogen-bond donors (Lipinski definition) is 4. The van der Waals surface area contributed by atoms with Crippen LogP contribution in [0.15, 0.2) is 24.4 Å². The zero-order chi connectivity index (χ0) is 28.8. The summed E-state index contributed by atoms with van der Waals surface area (Å²) in [6.45, 7) is 2.49. The molecule has 38 heavy (non-hydrogen) atoms. The van der Waals surface area contributed by atoms with E-state index in [9.17, 15) is 35.5 Å². The Kier molecular flexibility index (Phi) is 9.42. The standard InChI is InChI=1S/C17H18FN5O.2C2HF3O2/c1-10-19-9-14(20-10)17(24)23-7-3-2-4-15(23)16-21-12-6-5-11(18)8-13(12)22-16;2*3-2(4,5)1(6)7/h5-6,8-9,15H,2-4,7H2,1H3,(H,19,20)(H,21,22);2*(H,6,7). The molecule has 2 aromatic heterocycles. The molecular formula is C21H20F7N5O5. The number of carboxylic acids is 2. The van der Waals surface area contributed by atoms with E-state index in [1.807, 2.05) is 11.8 Å². The summed E-state index contributed by atoms with van der Waals surface area (Å²) in [4.78, 5) is 47.3. The first-order chi connectivity index (χ1) is 17.5. The van der Waals surface area contributed by atoms with Gasteiger partial charge in [-0.25, -0.2) is 23.9 Å². The summed E-state index contributed by atoms with van der Waals surface area (Å²) in [6, 6.07) is 4.34. The van der Waals surface area contributed by atoms with Crippen LogP contribution in [0.1, 0.15) is 47.4 Å². The van der Waals surface area contributed by atoms with Crippen LogP contribution in [0.4, 0.5) is 30.7 Å². The largest absolute Gasteiger partial charge is 0.490 e. The van der Waals surface area contributed by atoms with Gasteiger partial charge in [0.15, 0.2) is 0 Å². The lowest BCUT2D eigenvalue weighted by Crippen LogP contribution is -2.39. The van der Waals surface area contributed by atoms with Crippen molar-refractivity contribution < 1.29 is 55.3 Å². The number of aryl methyl sites for hydroxylation is 1. The van der Waals surface area contributed by atoms with E-state index in [4.69, 9.17) is 19.8 Å². The molecule has 1 amide bonds. The second kappa shape index (κ2) is 11.9. The summed E-state index contributed by atoms with van der Waals surface area (Å²) in [7, 11) is 0. The third-order valence-electron chi connectivity index (χ3n) is 4.96. The second-order valence-electron chi connectivity index (χ2n) is 7.78. The number of piperidine rings is 1. The van der Waals surface area contributed by atoms with Crippen LogP contribution in [0, 0.1) is 12.7 Å². The van der Waals surface area contributed by atoms with Gasteiger partial charge in [0, 0.05) is 6.54 Å². The maximum atomic E-state index is 13.4. The van der Waals surface area contributed by atoms with Gasteiger partial charge in [-0.2, -0.15) is 26.3 Å². The molecule has 0 bridgehead atoms. The van der Waals surface area contributed by atoms with Gasteiger partial charge < -0.3 is 25.1 Å². The van der Waals surface area contributed by atoms with E-state index in [0.717, 1.165) is 19.3 Å². The molecule has 1 aliphatic heterocycles. The molecular weight excluding hydrogens is 535 g/mol. The highest BCUT2D eigenvalue weighted by Crippen LogP contribution is 2.31. The van der Waals surface area contributed by atoms with Crippen molar-refractivity contribution >= 4 is 28.9 Å². The molecule has 0 aliphatic carbocycles. The minimum absolute atomic E-state index is 0.0769. The fourth-order valence-corrected chi connectivity index (χ4v) is 3.30. The zero-order valence-electron chi connectivity index (χ0n) is 19.3. The Morgan fingerprint density at radius 3 is 2.08 bits per heavy atom. The number of amides is 1. The summed E-state index contributed by atoms with van der Waals surface area (Å²) >= 11 is 0. The van der Waals surface area contributed by atoms with Gasteiger partial charge in [0.05, 0.1) is 23.3 Å². The number of nitrogens with one attached hydrogen (secondary N) is 2. The Bertz CT molecular complexity index is 1260. The van der Waals surface area contributed by atoms with E-state index in [1.54, 1.807) is 12.3 Å². The molecule has 10 nitrogen and oxygen atoms in total. The van der Waals surface area contributed by atoms with Crippen molar-refractivity contribution in [3.63, 3.8) is 0 Å². The molecule has 4 rings (SSSR count). The van der Waals surface area contributed by atoms with E-state index < -0.39 is 24.3 Å². The second-order valence-corrected chi connectivity index (χ2v) is 7.78. The molecule has 0 radical (unpaired) electrons. The smallest absolute Gasteiger partial charge is 0.475 e. The lowest BCUT2D eigenvalue weighted by molar-refractivity contribution is -0.193. The maximum absolute atomic E-state index is 13.4. The van der Waals surface area contributed by atoms with Crippen LogP contribution in [-0.4, -0.2) is 71.8 Å². The summed E-state index contributed by atoms with van der Waals surface area (Å²) in [5.41, 5.74) is 1.85. The number of benzene rings is 1. The minimum atomic E-state index is -5.08. The first-order valence-electron chi connectivity index (χ1n) is 10.6. The van der Waals surface area contributed by atoms with Gasteiger partial charge in [0.25, 0.3) is 5.91 Å². The zero-order valence-corrected chi connectivity index (χ0v) is 19.3. The summed E-state index contributed by atoms with van der Waals surface area (Å²) < 4.78 is 76.9. The number of imidazole rings is 2. The third-order valence-corrected chi connectivity index (χ3v) is 4.96. The highest BCUT2D eigenvalue weighted by Gasteiger charge is 2.39. The van der Waals surface area contributed by atoms with Crippen LogP contribution in [-0.2, 0) is 9.59 Å². The normalized spacial score (nSPS) is 15.7. The number of carbonyl (C=O) groups excluding carboxylic acids is 1. The third kappa shape index (κ3) is 8.17. The van der Waals surface area contributed by atoms with Crippen molar-refractivity contribution in [3.8, 4) is 0 Å². The van der Waals surface area contributed by atoms with Crippen molar-refractivity contribution in [2.24, 2.45) is 0 Å². The Hall–Kier alpha value is -4.18. The Morgan fingerprint density at radius 1 is 1.00 bits per heavy atom. The summed E-state index contributed by atoms with van der Waals surface area (Å²) in [5.74, 6) is -4.47. The van der Waals surface area contributed by atoms with Gasteiger partial charge in [-0.3, -0.25) is 4.79 Å². The number of carbonyl (C=O) groups is 3. The molecule has 1 aliphatic rings. The molecule has 17 heteroatoms. The number of aromatic amines is 2.